The SMILES string of the molecule is CCN[C@H](C)CNS(=O)(=O)c1ccc(C)c(C)c1.Cl. The molecule has 0 bridgehead atoms. The summed E-state index contributed by atoms with van der Waals surface area (Å²) >= 11 is 0. The van der Waals surface area contributed by atoms with Crippen molar-refractivity contribution < 1.29 is 8.42 Å². The Morgan fingerprint density at radius 2 is 1.84 bits per heavy atom. The van der Waals surface area contributed by atoms with Crippen molar-refractivity contribution in [1.29, 1.82) is 0 Å². The summed E-state index contributed by atoms with van der Waals surface area (Å²) in [6.07, 6.45) is 0. The van der Waals surface area contributed by atoms with Crippen LogP contribution in [-0.2, 0) is 10.0 Å². The molecule has 1 rings (SSSR count). The maximum atomic E-state index is 12.1. The first-order valence-electron chi connectivity index (χ1n) is 6.17. The predicted octanol–water partition coefficient (Wildman–Crippen LogP) is 2.00. The summed E-state index contributed by atoms with van der Waals surface area (Å²) in [6, 6.07) is 5.30. The first kappa shape index (κ1) is 18.4. The van der Waals surface area contributed by atoms with Crippen molar-refractivity contribution >= 4 is 22.4 Å². The van der Waals surface area contributed by atoms with Crippen LogP contribution in [0.1, 0.15) is 25.0 Å². The molecule has 110 valence electrons. The van der Waals surface area contributed by atoms with Crippen molar-refractivity contribution in [2.45, 2.75) is 38.6 Å². The fraction of sp³-hybridized carbons (Fsp3) is 0.538. The summed E-state index contributed by atoms with van der Waals surface area (Å²) in [5.41, 5.74) is 2.08. The molecule has 1 aromatic rings. The minimum Gasteiger partial charge on any atom is -0.313 e. The zero-order valence-corrected chi connectivity index (χ0v) is 13.5. The number of nitrogens with one attached hydrogen (secondary N) is 2. The fourth-order valence-electron chi connectivity index (χ4n) is 1.62. The molecule has 0 aliphatic carbocycles. The van der Waals surface area contributed by atoms with Crippen LogP contribution in [0.4, 0.5) is 0 Å². The Bertz CT molecular complexity index is 503. The van der Waals surface area contributed by atoms with E-state index in [2.05, 4.69) is 10.0 Å². The molecule has 0 spiro atoms. The molecular weight excluding hydrogens is 284 g/mol. The Hall–Kier alpha value is -0.620. The monoisotopic (exact) mass is 306 g/mol. The quantitative estimate of drug-likeness (QED) is 0.845. The van der Waals surface area contributed by atoms with Gasteiger partial charge in [0.25, 0.3) is 0 Å². The van der Waals surface area contributed by atoms with Gasteiger partial charge in [-0.1, -0.05) is 13.0 Å². The molecule has 19 heavy (non-hydrogen) atoms. The molecule has 4 nitrogen and oxygen atoms in total. The van der Waals surface area contributed by atoms with Gasteiger partial charge < -0.3 is 5.32 Å². The molecule has 1 atom stereocenters. The lowest BCUT2D eigenvalue weighted by atomic mass is 10.1. The first-order chi connectivity index (χ1) is 8.36. The molecule has 0 aliphatic heterocycles. The van der Waals surface area contributed by atoms with E-state index in [0.29, 0.717) is 11.4 Å². The van der Waals surface area contributed by atoms with Crippen molar-refractivity contribution in [3.63, 3.8) is 0 Å². The van der Waals surface area contributed by atoms with E-state index in [1.54, 1.807) is 12.1 Å². The lowest BCUT2D eigenvalue weighted by Gasteiger charge is -2.14. The van der Waals surface area contributed by atoms with Crippen molar-refractivity contribution in [2.24, 2.45) is 0 Å². The highest BCUT2D eigenvalue weighted by molar-refractivity contribution is 7.89. The van der Waals surface area contributed by atoms with Crippen molar-refractivity contribution in [3.05, 3.63) is 29.3 Å². The smallest absolute Gasteiger partial charge is 0.240 e. The average molecular weight is 307 g/mol. The minimum absolute atomic E-state index is 0. The van der Waals surface area contributed by atoms with Gasteiger partial charge in [-0.05, 0) is 50.6 Å². The number of halogens is 1. The van der Waals surface area contributed by atoms with E-state index >= 15 is 0 Å². The maximum Gasteiger partial charge on any atom is 0.240 e. The zero-order valence-electron chi connectivity index (χ0n) is 11.9. The summed E-state index contributed by atoms with van der Waals surface area (Å²) in [5.74, 6) is 0. The van der Waals surface area contributed by atoms with Crippen LogP contribution in [0.3, 0.4) is 0 Å². The summed E-state index contributed by atoms with van der Waals surface area (Å²) in [6.45, 7) is 9.04. The van der Waals surface area contributed by atoms with E-state index in [0.717, 1.165) is 17.7 Å². The van der Waals surface area contributed by atoms with E-state index in [9.17, 15) is 8.42 Å². The van der Waals surface area contributed by atoms with E-state index in [4.69, 9.17) is 0 Å². The average Bonchev–Trinajstić information content (AvgIpc) is 2.30. The number of benzene rings is 1. The molecule has 0 radical (unpaired) electrons. The Labute approximate surface area is 122 Å². The second-order valence-corrected chi connectivity index (χ2v) is 6.32. The van der Waals surface area contributed by atoms with Gasteiger partial charge in [-0.3, -0.25) is 0 Å². The molecule has 1 aromatic carbocycles. The van der Waals surface area contributed by atoms with Crippen LogP contribution in [0.25, 0.3) is 0 Å². The van der Waals surface area contributed by atoms with Crippen LogP contribution in [0.2, 0.25) is 0 Å². The molecule has 0 fully saturated rings. The highest BCUT2D eigenvalue weighted by Crippen LogP contribution is 2.14. The topological polar surface area (TPSA) is 58.2 Å². The summed E-state index contributed by atoms with van der Waals surface area (Å²) in [4.78, 5) is 0.328. The molecule has 2 N–H and O–H groups in total. The Morgan fingerprint density at radius 3 is 2.37 bits per heavy atom. The van der Waals surface area contributed by atoms with Gasteiger partial charge in [-0.25, -0.2) is 13.1 Å². The number of hydrogen-bond donors (Lipinski definition) is 2. The molecule has 0 aromatic heterocycles. The van der Waals surface area contributed by atoms with Gasteiger partial charge in [0.2, 0.25) is 10.0 Å². The van der Waals surface area contributed by atoms with Crippen LogP contribution in [0, 0.1) is 13.8 Å². The van der Waals surface area contributed by atoms with Gasteiger partial charge in [0.15, 0.2) is 0 Å². The summed E-state index contributed by atoms with van der Waals surface area (Å²) in [5, 5.41) is 3.16. The maximum absolute atomic E-state index is 12.1. The van der Waals surface area contributed by atoms with Crippen LogP contribution in [-0.4, -0.2) is 27.5 Å². The van der Waals surface area contributed by atoms with Crippen molar-refractivity contribution in [1.82, 2.24) is 10.0 Å². The molecule has 0 heterocycles. The van der Waals surface area contributed by atoms with Gasteiger partial charge in [0.05, 0.1) is 4.90 Å². The highest BCUT2D eigenvalue weighted by atomic mass is 35.5. The fourth-order valence-corrected chi connectivity index (χ4v) is 2.83. The summed E-state index contributed by atoms with van der Waals surface area (Å²) in [7, 11) is -3.40. The molecule has 6 heteroatoms. The highest BCUT2D eigenvalue weighted by Gasteiger charge is 2.15. The van der Waals surface area contributed by atoms with Crippen molar-refractivity contribution in [2.75, 3.05) is 13.1 Å². The lowest BCUT2D eigenvalue weighted by molar-refractivity contribution is 0.536. The first-order valence-corrected chi connectivity index (χ1v) is 7.65. The third-order valence-electron chi connectivity index (χ3n) is 2.92. The number of aryl methyl sites for hydroxylation is 2. The van der Waals surface area contributed by atoms with Crippen LogP contribution >= 0.6 is 12.4 Å². The zero-order chi connectivity index (χ0) is 13.8. The van der Waals surface area contributed by atoms with E-state index < -0.39 is 10.0 Å². The number of sulfonamides is 1. The van der Waals surface area contributed by atoms with Gasteiger partial charge in [-0.2, -0.15) is 0 Å². The largest absolute Gasteiger partial charge is 0.313 e. The predicted molar refractivity (Wildman–Crippen MR) is 81.5 cm³/mol. The molecule has 0 saturated carbocycles. The van der Waals surface area contributed by atoms with Crippen molar-refractivity contribution in [3.8, 4) is 0 Å². The molecule has 0 amide bonds. The van der Waals surface area contributed by atoms with E-state index in [1.807, 2.05) is 33.8 Å². The van der Waals surface area contributed by atoms with Crippen LogP contribution in [0.5, 0.6) is 0 Å². The Kier molecular flexibility index (Phi) is 7.59. The van der Waals surface area contributed by atoms with Crippen LogP contribution in [0.15, 0.2) is 23.1 Å². The third kappa shape index (κ3) is 5.48. The van der Waals surface area contributed by atoms with Gasteiger partial charge >= 0.3 is 0 Å². The molecule has 0 unspecified atom stereocenters. The second kappa shape index (κ2) is 7.85. The third-order valence-corrected chi connectivity index (χ3v) is 4.34. The standard InChI is InChI=1S/C13H22N2O2S.ClH/c1-5-14-12(4)9-15-18(16,17)13-7-6-10(2)11(3)8-13;/h6-8,12,14-15H,5,9H2,1-4H3;1H/t12-;/m1./s1. The summed E-state index contributed by atoms with van der Waals surface area (Å²) < 4.78 is 26.7. The second-order valence-electron chi connectivity index (χ2n) is 4.56. The Morgan fingerprint density at radius 1 is 1.21 bits per heavy atom. The van der Waals surface area contributed by atoms with Gasteiger partial charge in [0, 0.05) is 12.6 Å². The Balaban J connectivity index is 0.00000324. The van der Waals surface area contributed by atoms with Gasteiger partial charge in [0.1, 0.15) is 0 Å². The van der Waals surface area contributed by atoms with E-state index in [1.165, 1.54) is 0 Å². The molecule has 0 saturated heterocycles. The number of hydrogen-bond acceptors (Lipinski definition) is 3. The van der Waals surface area contributed by atoms with Gasteiger partial charge in [-0.15, -0.1) is 12.4 Å². The normalized spacial score (nSPS) is 12.8. The molecule has 0 aliphatic rings. The number of likely N-dealkylation sites (N-methyl/N-ethyl adjacent to an activating group) is 1. The van der Waals surface area contributed by atoms with E-state index in [-0.39, 0.29) is 18.4 Å². The lowest BCUT2D eigenvalue weighted by Crippen LogP contribution is -2.38. The molecular formula is C13H23ClN2O2S. The number of rotatable bonds is 6. The van der Waals surface area contributed by atoms with Crippen LogP contribution < -0.4 is 10.0 Å². The minimum atomic E-state index is -3.40.